The maximum atomic E-state index is 12.5. The van der Waals surface area contributed by atoms with Gasteiger partial charge in [0.15, 0.2) is 5.12 Å². The highest BCUT2D eigenvalue weighted by Crippen LogP contribution is 2.14. The van der Waals surface area contributed by atoms with Crippen LogP contribution in [-0.4, -0.2) is 63.6 Å². The number of aromatic nitrogens is 1. The van der Waals surface area contributed by atoms with E-state index in [0.29, 0.717) is 22.9 Å². The van der Waals surface area contributed by atoms with E-state index in [9.17, 15) is 19.2 Å². The molecule has 2 amide bonds. The lowest BCUT2D eigenvalue weighted by atomic mass is 10.2. The highest BCUT2D eigenvalue weighted by molar-refractivity contribution is 8.14. The van der Waals surface area contributed by atoms with Crippen LogP contribution in [0, 0.1) is 0 Å². The summed E-state index contributed by atoms with van der Waals surface area (Å²) in [5.74, 6) is -0.797. The van der Waals surface area contributed by atoms with E-state index in [2.05, 4.69) is 20.6 Å². The molecule has 0 spiro atoms. The predicted molar refractivity (Wildman–Crippen MR) is 130 cm³/mol. The molecule has 0 aliphatic carbocycles. The average molecular weight is 493 g/mol. The van der Waals surface area contributed by atoms with Crippen molar-refractivity contribution in [1.82, 2.24) is 15.6 Å². The average Bonchev–Trinajstić information content (AvgIpc) is 2.78. The number of aliphatic imine (C=N–C) groups is 1. The highest BCUT2D eigenvalue weighted by Gasteiger charge is 2.19. The van der Waals surface area contributed by atoms with Crippen molar-refractivity contribution >= 4 is 51.5 Å². The van der Waals surface area contributed by atoms with Gasteiger partial charge >= 0.3 is 5.97 Å². The van der Waals surface area contributed by atoms with Crippen LogP contribution in [0.1, 0.15) is 37.9 Å². The summed E-state index contributed by atoms with van der Waals surface area (Å²) in [4.78, 5) is 56.9. The SMILES string of the molecule is CSC1=NC(C)C(=O)NCC(=O)OC(/C=C/CCSC(C)=O)CC(=O)NCc2cc1ccn2. The van der Waals surface area contributed by atoms with Gasteiger partial charge in [0.25, 0.3) is 0 Å². The van der Waals surface area contributed by atoms with Gasteiger partial charge in [-0.15, -0.1) is 11.8 Å². The summed E-state index contributed by atoms with van der Waals surface area (Å²) in [6.45, 7) is 3.00. The molecule has 2 atom stereocenters. The predicted octanol–water partition coefficient (Wildman–Crippen LogP) is 1.85. The van der Waals surface area contributed by atoms with Crippen LogP contribution in [0.3, 0.4) is 0 Å². The number of cyclic esters (lactones) is 1. The number of pyridine rings is 1. The zero-order chi connectivity index (χ0) is 24.2. The number of hydrogen-bond donors (Lipinski definition) is 2. The van der Waals surface area contributed by atoms with E-state index in [0.717, 1.165) is 5.56 Å². The quantitative estimate of drug-likeness (QED) is 0.370. The third-order valence-corrected chi connectivity index (χ3v) is 6.00. The van der Waals surface area contributed by atoms with Gasteiger partial charge in [-0.05, 0) is 37.8 Å². The van der Waals surface area contributed by atoms with Crippen LogP contribution < -0.4 is 10.6 Å². The molecule has 1 aromatic rings. The Balaban J connectivity index is 2.19. The maximum absolute atomic E-state index is 12.5. The number of ether oxygens (including phenoxy) is 1. The summed E-state index contributed by atoms with van der Waals surface area (Å²) >= 11 is 2.59. The van der Waals surface area contributed by atoms with Crippen molar-refractivity contribution in [2.24, 2.45) is 4.99 Å². The number of allylic oxidation sites excluding steroid dienone is 1. The molecule has 0 radical (unpaired) electrons. The van der Waals surface area contributed by atoms with E-state index >= 15 is 0 Å². The molecule has 0 saturated heterocycles. The standard InChI is InChI=1S/C22H28N4O5S2/c1-14-21(30)25-13-20(29)31-18(6-4-5-9-33-15(2)27)11-19(28)24-12-17-10-16(7-8-23-17)22(26-14)32-3/h4,6-8,10,14,18H,5,9,11-13H2,1-3H3,(H,24,28)(H,25,30)/b6-4+,26-22?. The smallest absolute Gasteiger partial charge is 0.326 e. The van der Waals surface area contributed by atoms with Crippen LogP contribution in [0.15, 0.2) is 35.5 Å². The lowest BCUT2D eigenvalue weighted by Crippen LogP contribution is -2.38. The van der Waals surface area contributed by atoms with Crippen LogP contribution in [0.4, 0.5) is 0 Å². The summed E-state index contributed by atoms with van der Waals surface area (Å²) in [6.07, 6.45) is 6.58. The van der Waals surface area contributed by atoms with Gasteiger partial charge < -0.3 is 15.4 Å². The van der Waals surface area contributed by atoms with Crippen molar-refractivity contribution in [1.29, 1.82) is 0 Å². The molecule has 2 rings (SSSR count). The first-order valence-corrected chi connectivity index (χ1v) is 12.6. The lowest BCUT2D eigenvalue weighted by Gasteiger charge is -2.16. The second-order valence-corrected chi connectivity index (χ2v) is 9.20. The molecule has 9 nitrogen and oxygen atoms in total. The van der Waals surface area contributed by atoms with E-state index in [-0.39, 0.29) is 30.5 Å². The second-order valence-electron chi connectivity index (χ2n) is 7.13. The van der Waals surface area contributed by atoms with Gasteiger partial charge in [-0.25, -0.2) is 0 Å². The number of rotatable bonds is 4. The van der Waals surface area contributed by atoms with Crippen LogP contribution in [0.5, 0.6) is 0 Å². The number of fused-ring (bicyclic) bond motifs is 2. The summed E-state index contributed by atoms with van der Waals surface area (Å²) in [6, 6.07) is 2.90. The van der Waals surface area contributed by atoms with Crippen molar-refractivity contribution in [3.63, 3.8) is 0 Å². The van der Waals surface area contributed by atoms with E-state index in [4.69, 9.17) is 4.74 Å². The van der Waals surface area contributed by atoms with E-state index in [1.54, 1.807) is 31.3 Å². The van der Waals surface area contributed by atoms with Gasteiger partial charge in [-0.1, -0.05) is 17.8 Å². The molecule has 2 N–H and O–H groups in total. The topological polar surface area (TPSA) is 127 Å². The number of esters is 1. The number of thioether (sulfide) groups is 2. The minimum atomic E-state index is -0.803. The molecule has 11 heteroatoms. The Hall–Kier alpha value is -2.66. The molecular weight excluding hydrogens is 464 g/mol. The van der Waals surface area contributed by atoms with Crippen LogP contribution in [0.25, 0.3) is 0 Å². The molecule has 2 bridgehead atoms. The summed E-state index contributed by atoms with van der Waals surface area (Å²) < 4.78 is 5.39. The molecule has 2 heterocycles. The number of carbonyl (C=O) groups excluding carboxylic acids is 4. The van der Waals surface area contributed by atoms with Crippen molar-refractivity contribution < 1.29 is 23.9 Å². The number of nitrogens with zero attached hydrogens (tertiary/aromatic N) is 2. The summed E-state index contributed by atoms with van der Waals surface area (Å²) in [5, 5.41) is 5.99. The third-order valence-electron chi connectivity index (χ3n) is 4.43. The van der Waals surface area contributed by atoms with Crippen LogP contribution in [-0.2, 0) is 30.5 Å². The Labute approximate surface area is 201 Å². The lowest BCUT2D eigenvalue weighted by molar-refractivity contribution is -0.148. The number of nitrogens with one attached hydrogen (secondary N) is 2. The summed E-state index contributed by atoms with van der Waals surface area (Å²) in [5.41, 5.74) is 1.43. The van der Waals surface area contributed by atoms with Gasteiger partial charge in [-0.3, -0.25) is 29.2 Å². The Morgan fingerprint density at radius 1 is 1.27 bits per heavy atom. The normalized spacial score (nSPS) is 20.6. The molecule has 0 saturated carbocycles. The molecule has 178 valence electrons. The highest BCUT2D eigenvalue weighted by atomic mass is 32.2. The van der Waals surface area contributed by atoms with E-state index < -0.39 is 24.0 Å². The zero-order valence-corrected chi connectivity index (χ0v) is 20.5. The largest absolute Gasteiger partial charge is 0.456 e. The molecule has 1 aliphatic heterocycles. The maximum Gasteiger partial charge on any atom is 0.326 e. The molecule has 33 heavy (non-hydrogen) atoms. The number of carbonyl (C=O) groups is 4. The molecule has 1 aliphatic rings. The van der Waals surface area contributed by atoms with Crippen LogP contribution in [0.2, 0.25) is 0 Å². The van der Waals surface area contributed by atoms with Gasteiger partial charge in [0.2, 0.25) is 11.8 Å². The summed E-state index contributed by atoms with van der Waals surface area (Å²) in [7, 11) is 0. The molecule has 1 aromatic heterocycles. The van der Waals surface area contributed by atoms with Gasteiger partial charge in [0.1, 0.15) is 18.7 Å². The fourth-order valence-electron chi connectivity index (χ4n) is 2.82. The van der Waals surface area contributed by atoms with Gasteiger partial charge in [0, 0.05) is 24.4 Å². The number of amides is 2. The van der Waals surface area contributed by atoms with Gasteiger partial charge in [-0.2, -0.15) is 0 Å². The third kappa shape index (κ3) is 9.79. The first-order chi connectivity index (χ1) is 15.8. The minimum absolute atomic E-state index is 0.0237. The minimum Gasteiger partial charge on any atom is -0.456 e. The van der Waals surface area contributed by atoms with E-state index in [1.807, 2.05) is 12.3 Å². The van der Waals surface area contributed by atoms with Crippen LogP contribution >= 0.6 is 23.5 Å². The molecule has 2 unspecified atom stereocenters. The van der Waals surface area contributed by atoms with Crippen molar-refractivity contribution in [3.05, 3.63) is 41.7 Å². The Bertz CT molecular complexity index is 935. The number of hydrogen-bond acceptors (Lipinski definition) is 9. The first kappa shape index (κ1) is 26.6. The molecule has 0 aromatic carbocycles. The van der Waals surface area contributed by atoms with E-state index in [1.165, 1.54) is 30.4 Å². The first-order valence-electron chi connectivity index (χ1n) is 10.4. The molecule has 0 fully saturated rings. The zero-order valence-electron chi connectivity index (χ0n) is 18.8. The Morgan fingerprint density at radius 2 is 2.06 bits per heavy atom. The fourth-order valence-corrected chi connectivity index (χ4v) is 3.98. The Kier molecular flexibility index (Phi) is 11.1. The van der Waals surface area contributed by atoms with Gasteiger partial charge in [0.05, 0.1) is 23.7 Å². The monoisotopic (exact) mass is 492 g/mol. The van der Waals surface area contributed by atoms with Crippen molar-refractivity contribution in [2.45, 2.75) is 45.4 Å². The van der Waals surface area contributed by atoms with Crippen molar-refractivity contribution in [2.75, 3.05) is 18.6 Å². The second kappa shape index (κ2) is 13.8. The Morgan fingerprint density at radius 3 is 2.79 bits per heavy atom. The fraction of sp³-hybridized carbons (Fsp3) is 0.455. The van der Waals surface area contributed by atoms with Crippen molar-refractivity contribution in [3.8, 4) is 0 Å². The molecular formula is C22H28N4O5S2.